The third kappa shape index (κ3) is 3.54. The molecule has 3 aromatic rings. The molecule has 1 atom stereocenters. The molecule has 1 aliphatic rings. The molecule has 26 heavy (non-hydrogen) atoms. The molecule has 0 amide bonds. The first-order valence-electron chi connectivity index (χ1n) is 9.36. The predicted octanol–water partition coefficient (Wildman–Crippen LogP) is -0.793. The molecule has 4 rings (SSSR count). The van der Waals surface area contributed by atoms with Gasteiger partial charge in [-0.2, -0.15) is 0 Å². The summed E-state index contributed by atoms with van der Waals surface area (Å²) in [4.78, 5) is 3.21. The van der Waals surface area contributed by atoms with Gasteiger partial charge in [0.1, 0.15) is 38.5 Å². The number of aromatic nitrogens is 4. The van der Waals surface area contributed by atoms with Crippen LogP contribution in [0, 0.1) is 0 Å². The molecule has 0 radical (unpaired) electrons. The maximum Gasteiger partial charge on any atom is 0.214 e. The first-order valence-corrected chi connectivity index (χ1v) is 9.36. The lowest BCUT2D eigenvalue weighted by atomic mass is 10.0. The number of furan rings is 1. The Balaban J connectivity index is 1.65. The van der Waals surface area contributed by atoms with Crippen molar-refractivity contribution in [3.05, 3.63) is 65.9 Å². The fourth-order valence-electron chi connectivity index (χ4n) is 3.86. The van der Waals surface area contributed by atoms with Crippen molar-refractivity contribution in [1.29, 1.82) is 0 Å². The van der Waals surface area contributed by atoms with Gasteiger partial charge in [-0.1, -0.05) is 30.3 Å². The summed E-state index contributed by atoms with van der Waals surface area (Å²) in [5, 5.41) is 12.6. The molecule has 1 aliphatic heterocycles. The van der Waals surface area contributed by atoms with Crippen molar-refractivity contribution in [3.63, 3.8) is 0 Å². The molecule has 2 aromatic heterocycles. The van der Waals surface area contributed by atoms with E-state index < -0.39 is 0 Å². The van der Waals surface area contributed by atoms with Crippen LogP contribution in [0.25, 0.3) is 0 Å². The fourth-order valence-corrected chi connectivity index (χ4v) is 3.86. The maximum atomic E-state index is 5.49. The van der Waals surface area contributed by atoms with Crippen molar-refractivity contribution in [1.82, 2.24) is 20.2 Å². The molecule has 3 heterocycles. The summed E-state index contributed by atoms with van der Waals surface area (Å²) < 4.78 is 7.37. The summed E-state index contributed by atoms with van der Waals surface area (Å²) >= 11 is 0. The van der Waals surface area contributed by atoms with Gasteiger partial charge in [0.15, 0.2) is 6.04 Å². The second-order valence-electron chi connectivity index (χ2n) is 6.88. The Morgan fingerprint density at radius 1 is 1.08 bits per heavy atom. The molecular weight excluding hydrogens is 328 g/mol. The van der Waals surface area contributed by atoms with Crippen LogP contribution in [0.5, 0.6) is 0 Å². The summed E-state index contributed by atoms with van der Waals surface area (Å²) in [5.41, 5.74) is 1.26. The van der Waals surface area contributed by atoms with E-state index in [9.17, 15) is 0 Å². The lowest BCUT2D eigenvalue weighted by Gasteiger charge is -2.33. The summed E-state index contributed by atoms with van der Waals surface area (Å²) in [6, 6.07) is 14.6. The quantitative estimate of drug-likeness (QED) is 0.609. The molecule has 136 valence electrons. The van der Waals surface area contributed by atoms with E-state index >= 15 is 0 Å². The molecule has 0 aliphatic carbocycles. The molecule has 0 saturated carbocycles. The van der Waals surface area contributed by atoms with E-state index in [-0.39, 0.29) is 6.04 Å². The minimum absolute atomic E-state index is 0.138. The monoisotopic (exact) mass is 354 g/mol. The summed E-state index contributed by atoms with van der Waals surface area (Å²) in [6.07, 6.45) is 1.69. The van der Waals surface area contributed by atoms with Crippen molar-refractivity contribution in [2.45, 2.75) is 19.5 Å². The van der Waals surface area contributed by atoms with Gasteiger partial charge in [-0.15, -0.1) is 5.10 Å². The first kappa shape index (κ1) is 16.9. The average Bonchev–Trinajstić information content (AvgIpc) is 3.37. The first-order chi connectivity index (χ1) is 12.8. The largest absolute Gasteiger partial charge is 0.467 e. The Morgan fingerprint density at radius 3 is 2.58 bits per heavy atom. The lowest BCUT2D eigenvalue weighted by molar-refractivity contribution is -1.02. The van der Waals surface area contributed by atoms with Crippen LogP contribution < -0.4 is 9.80 Å². The number of benzene rings is 1. The van der Waals surface area contributed by atoms with E-state index in [4.69, 9.17) is 4.42 Å². The Bertz CT molecular complexity index is 793. The normalized spacial score (nSPS) is 21.6. The van der Waals surface area contributed by atoms with Crippen molar-refractivity contribution < 1.29 is 14.2 Å². The van der Waals surface area contributed by atoms with Gasteiger partial charge in [0.05, 0.1) is 12.8 Å². The molecule has 0 bridgehead atoms. The van der Waals surface area contributed by atoms with Crippen LogP contribution in [-0.4, -0.2) is 52.9 Å². The summed E-state index contributed by atoms with van der Waals surface area (Å²) in [6.45, 7) is 8.63. The summed E-state index contributed by atoms with van der Waals surface area (Å²) in [5.74, 6) is 1.77. The Labute approximate surface area is 153 Å². The fraction of sp³-hybridized carbons (Fsp3) is 0.421. The number of hydrogen-bond donors (Lipinski definition) is 2. The van der Waals surface area contributed by atoms with Crippen LogP contribution in [0.1, 0.15) is 30.1 Å². The van der Waals surface area contributed by atoms with Gasteiger partial charge in [0, 0.05) is 5.56 Å². The number of hydrogen-bond acceptors (Lipinski definition) is 4. The molecule has 0 unspecified atom stereocenters. The minimum atomic E-state index is 0.138. The van der Waals surface area contributed by atoms with Gasteiger partial charge in [0.2, 0.25) is 5.82 Å². The Kier molecular flexibility index (Phi) is 5.08. The zero-order valence-electron chi connectivity index (χ0n) is 15.1. The number of nitrogens with zero attached hydrogens (tertiary/aromatic N) is 4. The van der Waals surface area contributed by atoms with E-state index in [2.05, 4.69) is 52.8 Å². The van der Waals surface area contributed by atoms with Gasteiger partial charge in [-0.05, 0) is 29.5 Å². The Morgan fingerprint density at radius 2 is 1.88 bits per heavy atom. The van der Waals surface area contributed by atoms with E-state index in [0.717, 1.165) is 24.7 Å². The smallest absolute Gasteiger partial charge is 0.214 e. The number of nitrogens with one attached hydrogen (secondary N) is 2. The number of piperazine rings is 1. The minimum Gasteiger partial charge on any atom is -0.467 e. The summed E-state index contributed by atoms with van der Waals surface area (Å²) in [7, 11) is 0. The SMILES string of the molecule is CC[NH+]1CC[NH+]([C@H](c2ccccc2)c2nnnn2Cc2ccco2)CC1. The lowest BCUT2D eigenvalue weighted by Crippen LogP contribution is -3.28. The van der Waals surface area contributed by atoms with Gasteiger partial charge >= 0.3 is 0 Å². The third-order valence-electron chi connectivity index (χ3n) is 5.34. The maximum absolute atomic E-state index is 5.49. The molecule has 1 saturated heterocycles. The number of likely N-dealkylation sites (N-methyl/N-ethyl adjacent to an activating group) is 1. The highest BCUT2D eigenvalue weighted by atomic mass is 16.3. The van der Waals surface area contributed by atoms with E-state index in [1.807, 2.05) is 16.8 Å². The van der Waals surface area contributed by atoms with Crippen LogP contribution in [0.4, 0.5) is 0 Å². The van der Waals surface area contributed by atoms with Crippen molar-refractivity contribution in [2.24, 2.45) is 0 Å². The van der Waals surface area contributed by atoms with Crippen LogP contribution >= 0.6 is 0 Å². The number of tetrazole rings is 1. The molecule has 1 aromatic carbocycles. The van der Waals surface area contributed by atoms with Gasteiger partial charge < -0.3 is 14.2 Å². The molecule has 7 nitrogen and oxygen atoms in total. The molecular formula is C19H26N6O+2. The number of quaternary nitrogens is 2. The highest BCUT2D eigenvalue weighted by Gasteiger charge is 2.35. The predicted molar refractivity (Wildman–Crippen MR) is 95.8 cm³/mol. The van der Waals surface area contributed by atoms with Crippen LogP contribution in [0.15, 0.2) is 53.1 Å². The van der Waals surface area contributed by atoms with Crippen molar-refractivity contribution in [2.75, 3.05) is 32.7 Å². The van der Waals surface area contributed by atoms with Crippen LogP contribution in [0.3, 0.4) is 0 Å². The van der Waals surface area contributed by atoms with Gasteiger partial charge in [-0.3, -0.25) is 0 Å². The zero-order valence-corrected chi connectivity index (χ0v) is 15.1. The third-order valence-corrected chi connectivity index (χ3v) is 5.34. The second-order valence-corrected chi connectivity index (χ2v) is 6.88. The zero-order chi connectivity index (χ0) is 17.8. The van der Waals surface area contributed by atoms with Crippen LogP contribution in [0.2, 0.25) is 0 Å². The highest BCUT2D eigenvalue weighted by Crippen LogP contribution is 2.17. The van der Waals surface area contributed by atoms with Crippen molar-refractivity contribution in [3.8, 4) is 0 Å². The number of rotatable bonds is 6. The Hall–Kier alpha value is -2.51. The van der Waals surface area contributed by atoms with E-state index in [1.54, 1.807) is 11.2 Å². The average molecular weight is 354 g/mol. The molecule has 2 N–H and O–H groups in total. The van der Waals surface area contributed by atoms with Gasteiger partial charge in [-0.25, -0.2) is 4.68 Å². The standard InChI is InChI=1S/C19H24N6O/c1-2-23-10-12-24(13-11-23)18(16-7-4-3-5-8-16)19-20-21-22-25(19)15-17-9-6-14-26-17/h3-9,14,18H,2,10-13,15H2,1H3/p+2/t18-/m1/s1. The topological polar surface area (TPSA) is 65.6 Å². The van der Waals surface area contributed by atoms with Crippen LogP contribution in [-0.2, 0) is 6.54 Å². The highest BCUT2D eigenvalue weighted by molar-refractivity contribution is 5.22. The molecule has 0 spiro atoms. The molecule has 1 fully saturated rings. The van der Waals surface area contributed by atoms with E-state index in [0.29, 0.717) is 6.54 Å². The van der Waals surface area contributed by atoms with Gasteiger partial charge in [0.25, 0.3) is 0 Å². The van der Waals surface area contributed by atoms with Crippen molar-refractivity contribution >= 4 is 0 Å². The molecule has 7 heteroatoms. The second kappa shape index (κ2) is 7.80. The van der Waals surface area contributed by atoms with E-state index in [1.165, 1.54) is 30.1 Å².